The first-order chi connectivity index (χ1) is 6.78. The molecule has 0 amide bonds. The molecule has 2 rings (SSSR count). The van der Waals surface area contributed by atoms with Crippen molar-refractivity contribution in [1.82, 2.24) is 15.0 Å². The molecule has 0 radical (unpaired) electrons. The van der Waals surface area contributed by atoms with Gasteiger partial charge in [-0.25, -0.2) is 4.68 Å². The minimum Gasteiger partial charge on any atom is -0.381 e. The van der Waals surface area contributed by atoms with E-state index in [0.717, 1.165) is 13.0 Å². The third-order valence-electron chi connectivity index (χ3n) is 1.94. The third-order valence-corrected chi connectivity index (χ3v) is 3.15. The van der Waals surface area contributed by atoms with Gasteiger partial charge < -0.3 is 5.73 Å². The molecular weight excluding hydrogens is 196 g/mol. The lowest BCUT2D eigenvalue weighted by Crippen LogP contribution is -1.98. The van der Waals surface area contributed by atoms with E-state index in [2.05, 4.69) is 29.4 Å². The first kappa shape index (κ1) is 9.21. The first-order valence-corrected chi connectivity index (χ1v) is 5.33. The van der Waals surface area contributed by atoms with Crippen molar-refractivity contribution in [2.45, 2.75) is 19.9 Å². The quantitative estimate of drug-likeness (QED) is 0.832. The fraction of sp³-hybridized carbons (Fsp3) is 0.333. The number of hydrogen-bond donors (Lipinski definition) is 1. The topological polar surface area (TPSA) is 56.7 Å². The van der Waals surface area contributed by atoms with Crippen molar-refractivity contribution in [3.8, 4) is 0 Å². The number of thiophene rings is 1. The molecule has 0 spiro atoms. The summed E-state index contributed by atoms with van der Waals surface area (Å²) in [4.78, 5) is 2.68. The maximum atomic E-state index is 5.47. The number of hydrogen-bond acceptors (Lipinski definition) is 4. The summed E-state index contributed by atoms with van der Waals surface area (Å²) in [5, 5.41) is 7.63. The van der Waals surface area contributed by atoms with Crippen molar-refractivity contribution in [1.29, 1.82) is 0 Å². The van der Waals surface area contributed by atoms with E-state index in [0.29, 0.717) is 5.82 Å². The summed E-state index contributed by atoms with van der Waals surface area (Å²) in [5.41, 5.74) is 5.47. The molecule has 0 aromatic carbocycles. The van der Waals surface area contributed by atoms with Crippen molar-refractivity contribution in [2.75, 3.05) is 5.73 Å². The summed E-state index contributed by atoms with van der Waals surface area (Å²) in [7, 11) is 0. The molecule has 0 aliphatic rings. The van der Waals surface area contributed by atoms with Gasteiger partial charge in [-0.1, -0.05) is 12.1 Å². The van der Waals surface area contributed by atoms with Gasteiger partial charge >= 0.3 is 0 Å². The number of rotatable bonds is 3. The van der Waals surface area contributed by atoms with Crippen LogP contribution >= 0.6 is 11.3 Å². The molecule has 0 saturated heterocycles. The first-order valence-electron chi connectivity index (χ1n) is 4.51. The Bertz CT molecular complexity index is 418. The second kappa shape index (κ2) is 3.79. The molecule has 0 unspecified atom stereocenters. The molecule has 2 N–H and O–H groups in total. The van der Waals surface area contributed by atoms with E-state index in [1.807, 2.05) is 11.3 Å². The van der Waals surface area contributed by atoms with Crippen LogP contribution in [0.15, 0.2) is 18.3 Å². The fourth-order valence-electron chi connectivity index (χ4n) is 1.25. The Labute approximate surface area is 86.4 Å². The smallest absolute Gasteiger partial charge is 0.165 e. The average molecular weight is 208 g/mol. The molecule has 2 aromatic heterocycles. The van der Waals surface area contributed by atoms with Crippen LogP contribution in [-0.2, 0) is 13.0 Å². The number of nitrogens with two attached hydrogens (primary N) is 1. The minimum absolute atomic E-state index is 0.470. The summed E-state index contributed by atoms with van der Waals surface area (Å²) in [6.07, 6.45) is 2.83. The Hall–Kier alpha value is -1.36. The van der Waals surface area contributed by atoms with Gasteiger partial charge in [0.2, 0.25) is 0 Å². The number of nitrogen functional groups attached to an aromatic ring is 1. The second-order valence-corrected chi connectivity index (χ2v) is 4.32. The maximum absolute atomic E-state index is 5.47. The number of aryl methyl sites for hydroxylation is 1. The highest BCUT2D eigenvalue weighted by atomic mass is 32.1. The Balaban J connectivity index is 2.10. The van der Waals surface area contributed by atoms with Crippen LogP contribution in [0.5, 0.6) is 0 Å². The molecule has 2 heterocycles. The molecular formula is C9H12N4S. The van der Waals surface area contributed by atoms with Gasteiger partial charge in [0.25, 0.3) is 0 Å². The fourth-order valence-corrected chi connectivity index (χ4v) is 2.20. The van der Waals surface area contributed by atoms with Crippen LogP contribution in [0.3, 0.4) is 0 Å². The van der Waals surface area contributed by atoms with Gasteiger partial charge in [-0.15, -0.1) is 16.4 Å². The molecule has 74 valence electrons. The molecule has 0 aliphatic heterocycles. The lowest BCUT2D eigenvalue weighted by Gasteiger charge is -1.94. The van der Waals surface area contributed by atoms with Gasteiger partial charge in [0, 0.05) is 9.75 Å². The van der Waals surface area contributed by atoms with Crippen molar-refractivity contribution in [3.05, 3.63) is 28.1 Å². The van der Waals surface area contributed by atoms with Gasteiger partial charge in [0.1, 0.15) is 0 Å². The maximum Gasteiger partial charge on any atom is 0.165 e. The van der Waals surface area contributed by atoms with Crippen LogP contribution in [0.25, 0.3) is 0 Å². The van der Waals surface area contributed by atoms with Crippen molar-refractivity contribution >= 4 is 17.2 Å². The molecule has 0 atom stereocenters. The number of anilines is 1. The predicted octanol–water partition coefficient (Wildman–Crippen LogP) is 1.53. The monoisotopic (exact) mass is 208 g/mol. The van der Waals surface area contributed by atoms with E-state index in [1.54, 1.807) is 10.9 Å². The van der Waals surface area contributed by atoms with Gasteiger partial charge in [0.05, 0.1) is 12.7 Å². The highest BCUT2D eigenvalue weighted by Crippen LogP contribution is 2.17. The molecule has 0 saturated carbocycles. The Morgan fingerprint density at radius 1 is 1.43 bits per heavy atom. The zero-order valence-electron chi connectivity index (χ0n) is 7.97. The summed E-state index contributed by atoms with van der Waals surface area (Å²) < 4.78 is 1.75. The van der Waals surface area contributed by atoms with Crippen LogP contribution in [0.1, 0.15) is 16.7 Å². The van der Waals surface area contributed by atoms with E-state index in [1.165, 1.54) is 9.75 Å². The van der Waals surface area contributed by atoms with E-state index in [4.69, 9.17) is 5.73 Å². The van der Waals surface area contributed by atoms with E-state index in [9.17, 15) is 0 Å². The standard InChI is InChI=1S/C9H12N4S/c1-2-7-3-4-8(14-7)5-13-6-9(10)11-12-13/h3-4,6H,2,5,10H2,1H3. The van der Waals surface area contributed by atoms with Gasteiger partial charge in [-0.3, -0.25) is 0 Å². The summed E-state index contributed by atoms with van der Waals surface area (Å²) in [6, 6.07) is 4.28. The molecule has 4 nitrogen and oxygen atoms in total. The Morgan fingerprint density at radius 2 is 2.21 bits per heavy atom. The number of aromatic nitrogens is 3. The molecule has 0 fully saturated rings. The van der Waals surface area contributed by atoms with Crippen molar-refractivity contribution in [2.24, 2.45) is 0 Å². The Kier molecular flexibility index (Phi) is 2.49. The normalized spacial score (nSPS) is 10.6. The summed E-state index contributed by atoms with van der Waals surface area (Å²) in [6.45, 7) is 2.91. The summed E-state index contributed by atoms with van der Waals surface area (Å²) >= 11 is 1.81. The minimum atomic E-state index is 0.470. The van der Waals surface area contributed by atoms with E-state index < -0.39 is 0 Å². The largest absolute Gasteiger partial charge is 0.381 e. The lowest BCUT2D eigenvalue weighted by atomic mass is 10.4. The van der Waals surface area contributed by atoms with Crippen LogP contribution in [-0.4, -0.2) is 15.0 Å². The highest BCUT2D eigenvalue weighted by Gasteiger charge is 2.01. The number of nitrogens with zero attached hydrogens (tertiary/aromatic N) is 3. The van der Waals surface area contributed by atoms with Crippen molar-refractivity contribution in [3.63, 3.8) is 0 Å². The third kappa shape index (κ3) is 1.93. The predicted molar refractivity (Wildman–Crippen MR) is 57.2 cm³/mol. The lowest BCUT2D eigenvalue weighted by molar-refractivity contribution is 0.656. The average Bonchev–Trinajstić information content (AvgIpc) is 2.76. The Morgan fingerprint density at radius 3 is 2.79 bits per heavy atom. The van der Waals surface area contributed by atoms with Gasteiger partial charge in [-0.05, 0) is 18.6 Å². The zero-order valence-corrected chi connectivity index (χ0v) is 8.79. The molecule has 0 aliphatic carbocycles. The highest BCUT2D eigenvalue weighted by molar-refractivity contribution is 7.11. The summed E-state index contributed by atoms with van der Waals surface area (Å²) in [5.74, 6) is 0.470. The van der Waals surface area contributed by atoms with Crippen LogP contribution in [0.2, 0.25) is 0 Å². The molecule has 0 bridgehead atoms. The molecule has 14 heavy (non-hydrogen) atoms. The van der Waals surface area contributed by atoms with Gasteiger partial charge in [0.15, 0.2) is 5.82 Å². The van der Waals surface area contributed by atoms with Gasteiger partial charge in [-0.2, -0.15) is 0 Å². The van der Waals surface area contributed by atoms with E-state index >= 15 is 0 Å². The van der Waals surface area contributed by atoms with Crippen molar-refractivity contribution < 1.29 is 0 Å². The van der Waals surface area contributed by atoms with E-state index in [-0.39, 0.29) is 0 Å². The zero-order chi connectivity index (χ0) is 9.97. The van der Waals surface area contributed by atoms with Crippen LogP contribution in [0.4, 0.5) is 5.82 Å². The SMILES string of the molecule is CCc1ccc(Cn2cc(N)nn2)s1. The van der Waals surface area contributed by atoms with Crippen LogP contribution < -0.4 is 5.73 Å². The van der Waals surface area contributed by atoms with Crippen LogP contribution in [0, 0.1) is 0 Å². The molecule has 2 aromatic rings. The second-order valence-electron chi connectivity index (χ2n) is 3.06. The molecule has 5 heteroatoms.